The molecule has 0 spiro atoms. The third-order valence-corrected chi connectivity index (χ3v) is 6.00. The molecule has 3 aromatic rings. The van der Waals surface area contributed by atoms with Gasteiger partial charge in [0.05, 0.1) is 24.7 Å². The molecule has 9 heteroatoms. The quantitative estimate of drug-likeness (QED) is 0.456. The Hall–Kier alpha value is -4.01. The third kappa shape index (κ3) is 5.86. The van der Waals surface area contributed by atoms with Gasteiger partial charge < -0.3 is 15.4 Å². The van der Waals surface area contributed by atoms with Crippen LogP contribution in [0.15, 0.2) is 48.9 Å². The van der Waals surface area contributed by atoms with E-state index in [1.54, 1.807) is 24.7 Å². The second-order valence-electron chi connectivity index (χ2n) is 8.77. The molecule has 176 valence electrons. The van der Waals surface area contributed by atoms with E-state index in [4.69, 9.17) is 0 Å². The molecular formula is C25H28N6O3. The minimum atomic E-state index is -0.594. The summed E-state index contributed by atoms with van der Waals surface area (Å²) in [7, 11) is 1.29. The van der Waals surface area contributed by atoms with E-state index in [0.29, 0.717) is 29.2 Å². The highest BCUT2D eigenvalue weighted by Gasteiger charge is 2.36. The van der Waals surface area contributed by atoms with Gasteiger partial charge in [0.2, 0.25) is 0 Å². The molecule has 9 nitrogen and oxygen atoms in total. The van der Waals surface area contributed by atoms with E-state index in [1.807, 2.05) is 31.2 Å². The normalized spacial score (nSPS) is 13.6. The number of aryl methyl sites for hydroxylation is 1. The van der Waals surface area contributed by atoms with Gasteiger partial charge in [-0.1, -0.05) is 6.92 Å². The molecule has 0 atom stereocenters. The molecule has 0 aromatic carbocycles. The number of carbonyl (C=O) groups is 2. The third-order valence-electron chi connectivity index (χ3n) is 6.00. The Labute approximate surface area is 198 Å². The first kappa shape index (κ1) is 23.2. The van der Waals surface area contributed by atoms with E-state index in [2.05, 4.69) is 42.6 Å². The minimum absolute atomic E-state index is 0.237. The van der Waals surface area contributed by atoms with Gasteiger partial charge in [0.1, 0.15) is 5.82 Å². The van der Waals surface area contributed by atoms with Crippen LogP contribution >= 0.6 is 0 Å². The summed E-state index contributed by atoms with van der Waals surface area (Å²) in [6, 6.07) is 9.02. The molecule has 0 unspecified atom stereocenters. The van der Waals surface area contributed by atoms with Crippen molar-refractivity contribution in [3.8, 4) is 22.4 Å². The van der Waals surface area contributed by atoms with E-state index >= 15 is 0 Å². The zero-order valence-electron chi connectivity index (χ0n) is 19.5. The lowest BCUT2D eigenvalue weighted by molar-refractivity contribution is 0.187. The van der Waals surface area contributed by atoms with Crippen molar-refractivity contribution in [3.63, 3.8) is 0 Å². The number of urea groups is 1. The summed E-state index contributed by atoms with van der Waals surface area (Å²) in [5, 5.41) is 8.35. The fourth-order valence-electron chi connectivity index (χ4n) is 3.58. The van der Waals surface area contributed by atoms with Crippen LogP contribution < -0.4 is 16.0 Å². The maximum atomic E-state index is 12.3. The summed E-state index contributed by atoms with van der Waals surface area (Å²) in [5.41, 5.74) is 5.11. The first-order valence-corrected chi connectivity index (χ1v) is 11.1. The Morgan fingerprint density at radius 1 is 1.03 bits per heavy atom. The first-order valence-electron chi connectivity index (χ1n) is 11.1. The average molecular weight is 461 g/mol. The van der Waals surface area contributed by atoms with Gasteiger partial charge in [-0.2, -0.15) is 0 Å². The van der Waals surface area contributed by atoms with Gasteiger partial charge in [-0.15, -0.1) is 0 Å². The van der Waals surface area contributed by atoms with Gasteiger partial charge in [0.25, 0.3) is 0 Å². The highest BCUT2D eigenvalue weighted by atomic mass is 16.5. The summed E-state index contributed by atoms with van der Waals surface area (Å²) < 4.78 is 4.62. The van der Waals surface area contributed by atoms with Crippen LogP contribution in [-0.4, -0.2) is 40.7 Å². The van der Waals surface area contributed by atoms with Crippen LogP contribution in [0.25, 0.3) is 22.4 Å². The van der Waals surface area contributed by atoms with Crippen LogP contribution in [0, 0.1) is 12.3 Å². The van der Waals surface area contributed by atoms with Gasteiger partial charge in [-0.3, -0.25) is 15.3 Å². The van der Waals surface area contributed by atoms with Gasteiger partial charge in [0, 0.05) is 35.8 Å². The van der Waals surface area contributed by atoms with Crippen LogP contribution in [0.2, 0.25) is 0 Å². The van der Waals surface area contributed by atoms with E-state index < -0.39 is 6.09 Å². The van der Waals surface area contributed by atoms with Gasteiger partial charge in [0.15, 0.2) is 0 Å². The molecular weight excluding hydrogens is 432 g/mol. The minimum Gasteiger partial charge on any atom is -0.453 e. The molecule has 0 bridgehead atoms. The first-order chi connectivity index (χ1) is 16.3. The van der Waals surface area contributed by atoms with Crippen molar-refractivity contribution in [1.29, 1.82) is 0 Å². The second kappa shape index (κ2) is 9.86. The highest BCUT2D eigenvalue weighted by Crippen LogP contribution is 2.47. The van der Waals surface area contributed by atoms with Crippen LogP contribution in [0.5, 0.6) is 0 Å². The number of hydrogen-bond acceptors (Lipinski definition) is 6. The fourth-order valence-corrected chi connectivity index (χ4v) is 3.58. The van der Waals surface area contributed by atoms with Crippen molar-refractivity contribution in [3.05, 3.63) is 54.6 Å². The zero-order valence-corrected chi connectivity index (χ0v) is 19.5. The number of methoxy groups -OCH3 is 1. The standard InChI is InChI=1S/C25H28N6O3/c1-16-20(14-19(15-29-16)30-23(32)28-11-8-25(2)6-7-25)17-4-9-26-21(12-17)18-5-10-27-22(13-18)31-24(33)34-3/h4-5,9-10,12-15H,6-8,11H2,1-3H3,(H,27,31,33)(H2,28,30,32). The smallest absolute Gasteiger partial charge is 0.412 e. The zero-order chi connectivity index (χ0) is 24.1. The number of hydrogen-bond donors (Lipinski definition) is 3. The van der Waals surface area contributed by atoms with E-state index in [1.165, 1.54) is 20.0 Å². The maximum Gasteiger partial charge on any atom is 0.412 e. The van der Waals surface area contributed by atoms with Crippen molar-refractivity contribution in [2.45, 2.75) is 33.1 Å². The largest absolute Gasteiger partial charge is 0.453 e. The SMILES string of the molecule is COC(=O)Nc1cc(-c2cc(-c3cc(NC(=O)NCCC4(C)CC4)cnc3C)ccn2)ccn1. The molecule has 1 aliphatic carbocycles. The topological polar surface area (TPSA) is 118 Å². The molecule has 0 saturated heterocycles. The fraction of sp³-hybridized carbons (Fsp3) is 0.320. The van der Waals surface area contributed by atoms with E-state index in [-0.39, 0.29) is 6.03 Å². The average Bonchev–Trinajstić information content (AvgIpc) is 3.57. The molecule has 0 radical (unpaired) electrons. The molecule has 3 heterocycles. The summed E-state index contributed by atoms with van der Waals surface area (Å²) in [6.45, 7) is 4.82. The number of nitrogens with one attached hydrogen (secondary N) is 3. The Balaban J connectivity index is 1.50. The van der Waals surface area contributed by atoms with Crippen molar-refractivity contribution in [1.82, 2.24) is 20.3 Å². The second-order valence-corrected chi connectivity index (χ2v) is 8.77. The Morgan fingerprint density at radius 2 is 1.79 bits per heavy atom. The van der Waals surface area contributed by atoms with Gasteiger partial charge >= 0.3 is 12.1 Å². The van der Waals surface area contributed by atoms with Crippen molar-refractivity contribution in [2.75, 3.05) is 24.3 Å². The van der Waals surface area contributed by atoms with E-state index in [9.17, 15) is 9.59 Å². The maximum absolute atomic E-state index is 12.3. The van der Waals surface area contributed by atoms with Gasteiger partial charge in [-0.25, -0.2) is 14.6 Å². The summed E-state index contributed by atoms with van der Waals surface area (Å²) in [4.78, 5) is 36.9. The molecule has 1 saturated carbocycles. The number of aromatic nitrogens is 3. The number of pyridine rings is 3. The van der Waals surface area contributed by atoms with Crippen LogP contribution in [0.4, 0.5) is 21.1 Å². The van der Waals surface area contributed by atoms with Crippen molar-refractivity contribution >= 4 is 23.6 Å². The van der Waals surface area contributed by atoms with Crippen molar-refractivity contribution < 1.29 is 14.3 Å². The van der Waals surface area contributed by atoms with E-state index in [0.717, 1.165) is 28.8 Å². The molecule has 34 heavy (non-hydrogen) atoms. The van der Waals surface area contributed by atoms with Crippen molar-refractivity contribution in [2.24, 2.45) is 5.41 Å². The predicted molar refractivity (Wildman–Crippen MR) is 130 cm³/mol. The molecule has 3 aromatic heterocycles. The number of anilines is 2. The molecule has 1 aliphatic rings. The molecule has 3 N–H and O–H groups in total. The Bertz CT molecular complexity index is 1210. The Kier molecular flexibility index (Phi) is 6.72. The van der Waals surface area contributed by atoms with Crippen LogP contribution in [-0.2, 0) is 4.74 Å². The molecule has 0 aliphatic heterocycles. The predicted octanol–water partition coefficient (Wildman–Crippen LogP) is 5.00. The van der Waals surface area contributed by atoms with Crippen LogP contribution in [0.3, 0.4) is 0 Å². The number of ether oxygens (including phenoxy) is 1. The highest BCUT2D eigenvalue weighted by molar-refractivity contribution is 5.90. The number of rotatable bonds is 7. The lowest BCUT2D eigenvalue weighted by atomic mass is 10.0. The lowest BCUT2D eigenvalue weighted by Gasteiger charge is -2.13. The molecule has 4 rings (SSSR count). The summed E-state index contributed by atoms with van der Waals surface area (Å²) in [6.07, 6.45) is 7.82. The molecule has 3 amide bonds. The van der Waals surface area contributed by atoms with Crippen LogP contribution in [0.1, 0.15) is 31.9 Å². The number of nitrogens with zero attached hydrogens (tertiary/aromatic N) is 3. The van der Waals surface area contributed by atoms with Gasteiger partial charge in [-0.05, 0) is 67.5 Å². The molecule has 1 fully saturated rings. The monoisotopic (exact) mass is 460 g/mol. The Morgan fingerprint density at radius 3 is 2.56 bits per heavy atom. The lowest BCUT2D eigenvalue weighted by Crippen LogP contribution is -2.30. The summed E-state index contributed by atoms with van der Waals surface area (Å²) in [5.74, 6) is 0.363. The number of amides is 3. The summed E-state index contributed by atoms with van der Waals surface area (Å²) >= 11 is 0. The number of carbonyl (C=O) groups excluding carboxylic acids is 2.